The van der Waals surface area contributed by atoms with Gasteiger partial charge in [-0.3, -0.25) is 14.5 Å². The number of amides is 2. The molecule has 0 spiro atoms. The quantitative estimate of drug-likeness (QED) is 0.600. The van der Waals surface area contributed by atoms with Crippen LogP contribution in [0, 0.1) is 12.8 Å². The lowest BCUT2D eigenvalue weighted by atomic mass is 10.1. The number of nitrogens with one attached hydrogen (secondary N) is 1. The third-order valence-electron chi connectivity index (χ3n) is 6.58. The third-order valence-corrected chi connectivity index (χ3v) is 6.90. The van der Waals surface area contributed by atoms with E-state index in [1.54, 1.807) is 11.0 Å². The summed E-state index contributed by atoms with van der Waals surface area (Å²) in [5.74, 6) is -0.402. The number of hydrogen-bond donors (Lipinski definition) is 1. The maximum atomic E-state index is 12.6. The van der Waals surface area contributed by atoms with Crippen molar-refractivity contribution < 1.29 is 9.59 Å². The van der Waals surface area contributed by atoms with Crippen LogP contribution < -0.4 is 15.1 Å². The second-order valence-electron chi connectivity index (χ2n) is 9.02. The van der Waals surface area contributed by atoms with Gasteiger partial charge in [0.25, 0.3) is 0 Å². The summed E-state index contributed by atoms with van der Waals surface area (Å²) in [5.41, 5.74) is 3.30. The molecule has 2 aromatic carbocycles. The molecule has 2 aliphatic rings. The molecule has 2 saturated heterocycles. The van der Waals surface area contributed by atoms with Crippen molar-refractivity contribution in [1.29, 1.82) is 0 Å². The normalized spacial score (nSPS) is 19.2. The van der Waals surface area contributed by atoms with Gasteiger partial charge in [-0.2, -0.15) is 0 Å². The fraction of sp³-hybridized carbons (Fsp3) is 0.462. The smallest absolute Gasteiger partial charge is 0.227 e. The maximum absolute atomic E-state index is 12.6. The molecule has 0 saturated carbocycles. The first-order valence-corrected chi connectivity index (χ1v) is 12.3. The van der Waals surface area contributed by atoms with Gasteiger partial charge in [-0.15, -0.1) is 0 Å². The Hall–Kier alpha value is -2.57. The molecule has 6 nitrogen and oxygen atoms in total. The zero-order valence-electron chi connectivity index (χ0n) is 19.3. The molecule has 2 aliphatic heterocycles. The highest BCUT2D eigenvalue weighted by molar-refractivity contribution is 6.33. The van der Waals surface area contributed by atoms with Crippen molar-refractivity contribution in [2.75, 3.05) is 55.6 Å². The van der Waals surface area contributed by atoms with E-state index >= 15 is 0 Å². The fourth-order valence-corrected chi connectivity index (χ4v) is 4.90. The maximum Gasteiger partial charge on any atom is 0.227 e. The molecule has 176 valence electrons. The molecule has 4 rings (SSSR count). The molecule has 0 radical (unpaired) electrons. The third kappa shape index (κ3) is 6.06. The number of nitrogens with zero attached hydrogens (tertiary/aromatic N) is 3. The van der Waals surface area contributed by atoms with Crippen molar-refractivity contribution >= 4 is 34.8 Å². The Morgan fingerprint density at radius 3 is 2.61 bits per heavy atom. The van der Waals surface area contributed by atoms with Crippen LogP contribution in [-0.4, -0.2) is 62.5 Å². The minimum absolute atomic E-state index is 0.0373. The molecule has 1 N–H and O–H groups in total. The monoisotopic (exact) mass is 468 g/mol. The molecular formula is C26H33ClN4O2. The number of carbonyl (C=O) groups excluding carboxylic acids is 2. The van der Waals surface area contributed by atoms with E-state index in [1.807, 2.05) is 18.2 Å². The minimum Gasteiger partial charge on any atom is -0.369 e. The van der Waals surface area contributed by atoms with Gasteiger partial charge in [-0.05, 0) is 56.1 Å². The van der Waals surface area contributed by atoms with Crippen molar-refractivity contribution in [3.8, 4) is 0 Å². The Kier molecular flexibility index (Phi) is 7.89. The van der Waals surface area contributed by atoms with E-state index in [0.717, 1.165) is 45.6 Å². The van der Waals surface area contributed by atoms with Gasteiger partial charge in [0.1, 0.15) is 0 Å². The van der Waals surface area contributed by atoms with Crippen molar-refractivity contribution in [2.24, 2.45) is 5.92 Å². The summed E-state index contributed by atoms with van der Waals surface area (Å²) >= 11 is 6.22. The first-order valence-electron chi connectivity index (χ1n) is 11.9. The van der Waals surface area contributed by atoms with Crippen LogP contribution in [0.15, 0.2) is 48.5 Å². The molecule has 0 aromatic heterocycles. The van der Waals surface area contributed by atoms with Crippen LogP contribution in [0.4, 0.5) is 11.4 Å². The number of hydrogen-bond acceptors (Lipinski definition) is 4. The van der Waals surface area contributed by atoms with Crippen LogP contribution in [-0.2, 0) is 9.59 Å². The molecule has 2 fully saturated rings. The van der Waals surface area contributed by atoms with Gasteiger partial charge in [0, 0.05) is 51.4 Å². The number of unbranched alkanes of at least 4 members (excludes halogenated alkanes) is 1. The predicted octanol–water partition coefficient (Wildman–Crippen LogP) is 3.72. The minimum atomic E-state index is -0.316. The Morgan fingerprint density at radius 2 is 1.85 bits per heavy atom. The van der Waals surface area contributed by atoms with Crippen LogP contribution in [0.3, 0.4) is 0 Å². The van der Waals surface area contributed by atoms with Crippen molar-refractivity contribution in [1.82, 2.24) is 10.2 Å². The van der Waals surface area contributed by atoms with Crippen molar-refractivity contribution in [3.05, 3.63) is 59.1 Å². The van der Waals surface area contributed by atoms with Crippen LogP contribution in [0.2, 0.25) is 5.02 Å². The average Bonchev–Trinajstić information content (AvgIpc) is 3.21. The number of benzene rings is 2. The highest BCUT2D eigenvalue weighted by Gasteiger charge is 2.35. The first kappa shape index (κ1) is 23.6. The van der Waals surface area contributed by atoms with Gasteiger partial charge in [0.2, 0.25) is 11.8 Å². The molecule has 1 unspecified atom stereocenters. The van der Waals surface area contributed by atoms with E-state index in [2.05, 4.69) is 46.3 Å². The molecular weight excluding hydrogens is 436 g/mol. The number of aryl methyl sites for hydroxylation is 1. The summed E-state index contributed by atoms with van der Waals surface area (Å²) in [6, 6.07) is 16.0. The fourth-order valence-electron chi connectivity index (χ4n) is 4.66. The highest BCUT2D eigenvalue weighted by atomic mass is 35.5. The van der Waals surface area contributed by atoms with Gasteiger partial charge in [0.15, 0.2) is 0 Å². The second kappa shape index (κ2) is 11.0. The lowest BCUT2D eigenvalue weighted by Gasteiger charge is -2.36. The molecule has 2 heterocycles. The van der Waals surface area contributed by atoms with Crippen LogP contribution in [0.1, 0.15) is 24.8 Å². The molecule has 1 atom stereocenters. The van der Waals surface area contributed by atoms with Gasteiger partial charge < -0.3 is 15.1 Å². The number of rotatable bonds is 8. The van der Waals surface area contributed by atoms with Crippen molar-refractivity contribution in [3.63, 3.8) is 0 Å². The summed E-state index contributed by atoms with van der Waals surface area (Å²) in [5, 5.41) is 3.56. The zero-order chi connectivity index (χ0) is 23.2. The van der Waals surface area contributed by atoms with E-state index < -0.39 is 0 Å². The second-order valence-corrected chi connectivity index (χ2v) is 9.43. The summed E-state index contributed by atoms with van der Waals surface area (Å²) in [7, 11) is 0. The molecule has 2 amide bonds. The number of halogens is 1. The van der Waals surface area contributed by atoms with E-state index in [-0.39, 0.29) is 24.2 Å². The lowest BCUT2D eigenvalue weighted by Crippen LogP contribution is -2.46. The lowest BCUT2D eigenvalue weighted by molar-refractivity contribution is -0.126. The van der Waals surface area contributed by atoms with E-state index in [0.29, 0.717) is 23.8 Å². The molecule has 0 aliphatic carbocycles. The van der Waals surface area contributed by atoms with E-state index in [9.17, 15) is 9.59 Å². The standard InChI is InChI=1S/C26H33ClN4O2/c1-20-7-6-8-22(17-20)30-15-13-29(14-16-30)12-5-4-11-28-26(33)21-18-25(32)31(19-21)24-10-3-2-9-23(24)27/h2-3,6-10,17,21H,4-5,11-16,18-19H2,1H3,(H,28,33). The zero-order valence-corrected chi connectivity index (χ0v) is 20.1. The molecule has 7 heteroatoms. The van der Waals surface area contributed by atoms with Crippen LogP contribution in [0.5, 0.6) is 0 Å². The van der Waals surface area contributed by atoms with E-state index in [1.165, 1.54) is 11.3 Å². The Morgan fingerprint density at radius 1 is 1.06 bits per heavy atom. The number of piperazine rings is 1. The van der Waals surface area contributed by atoms with Crippen LogP contribution in [0.25, 0.3) is 0 Å². The SMILES string of the molecule is Cc1cccc(N2CCN(CCCCNC(=O)C3CC(=O)N(c4ccccc4Cl)C3)CC2)c1. The Balaban J connectivity index is 1.12. The summed E-state index contributed by atoms with van der Waals surface area (Å²) in [6.45, 7) is 8.48. The topological polar surface area (TPSA) is 55.9 Å². The van der Waals surface area contributed by atoms with Gasteiger partial charge in [-0.25, -0.2) is 0 Å². The van der Waals surface area contributed by atoms with E-state index in [4.69, 9.17) is 11.6 Å². The summed E-state index contributed by atoms with van der Waals surface area (Å²) < 4.78 is 0. The molecule has 0 bridgehead atoms. The largest absolute Gasteiger partial charge is 0.369 e. The highest BCUT2D eigenvalue weighted by Crippen LogP contribution is 2.31. The Labute approximate surface area is 201 Å². The average molecular weight is 469 g/mol. The van der Waals surface area contributed by atoms with Gasteiger partial charge >= 0.3 is 0 Å². The predicted molar refractivity (Wildman–Crippen MR) is 134 cm³/mol. The van der Waals surface area contributed by atoms with Crippen LogP contribution >= 0.6 is 11.6 Å². The number of para-hydroxylation sites is 1. The van der Waals surface area contributed by atoms with Gasteiger partial charge in [-0.1, -0.05) is 35.9 Å². The number of anilines is 2. The summed E-state index contributed by atoms with van der Waals surface area (Å²) in [4.78, 5) is 31.6. The number of carbonyl (C=O) groups is 2. The Bertz CT molecular complexity index is 974. The molecule has 33 heavy (non-hydrogen) atoms. The summed E-state index contributed by atoms with van der Waals surface area (Å²) in [6.07, 6.45) is 2.24. The van der Waals surface area contributed by atoms with Crippen molar-refractivity contribution in [2.45, 2.75) is 26.2 Å². The first-order chi connectivity index (χ1) is 16.0. The molecule has 2 aromatic rings. The van der Waals surface area contributed by atoms with Gasteiger partial charge in [0.05, 0.1) is 16.6 Å².